The minimum Gasteiger partial charge on any atom is -0.455 e. The lowest BCUT2D eigenvalue weighted by Gasteiger charge is -2.25. The van der Waals surface area contributed by atoms with Gasteiger partial charge in [-0.3, -0.25) is 0 Å². The van der Waals surface area contributed by atoms with Crippen LogP contribution in [0.4, 0.5) is 13.2 Å². The zero-order valence-electron chi connectivity index (χ0n) is 11.3. The van der Waals surface area contributed by atoms with Crippen LogP contribution in [-0.2, 0) is 6.18 Å². The lowest BCUT2D eigenvalue weighted by Crippen LogP contribution is -2.39. The summed E-state index contributed by atoms with van der Waals surface area (Å²) in [5.41, 5.74) is 0. The van der Waals surface area contributed by atoms with Gasteiger partial charge < -0.3 is 14.8 Å². The Labute approximate surface area is 110 Å². The molecular weight excluding hydrogens is 259 g/mol. The van der Waals surface area contributed by atoms with Gasteiger partial charge in [0.05, 0.1) is 12.6 Å². The van der Waals surface area contributed by atoms with Crippen molar-refractivity contribution in [3.05, 3.63) is 23.7 Å². The number of halogens is 3. The summed E-state index contributed by atoms with van der Waals surface area (Å²) in [6.07, 6.45) is -3.89. The van der Waals surface area contributed by atoms with Gasteiger partial charge >= 0.3 is 6.18 Å². The summed E-state index contributed by atoms with van der Waals surface area (Å²) < 4.78 is 42.3. The van der Waals surface area contributed by atoms with E-state index in [-0.39, 0.29) is 30.4 Å². The molecule has 2 N–H and O–H groups in total. The third-order valence-electron chi connectivity index (χ3n) is 3.07. The predicted octanol–water partition coefficient (Wildman–Crippen LogP) is 3.36. The molecule has 6 heteroatoms. The molecule has 1 aromatic rings. The largest absolute Gasteiger partial charge is 0.455 e. The summed E-state index contributed by atoms with van der Waals surface area (Å²) in [5.74, 6) is -0.571. The highest BCUT2D eigenvalue weighted by molar-refractivity contribution is 5.13. The molecule has 0 aliphatic heterocycles. The van der Waals surface area contributed by atoms with Gasteiger partial charge in [0, 0.05) is 6.04 Å². The predicted molar refractivity (Wildman–Crippen MR) is 65.6 cm³/mol. The maximum Gasteiger partial charge on any atom is 0.449 e. The van der Waals surface area contributed by atoms with Crippen LogP contribution in [0.3, 0.4) is 0 Å². The molecule has 1 rings (SSSR count). The second-order valence-electron chi connectivity index (χ2n) is 4.86. The molecule has 0 amide bonds. The maximum absolute atomic E-state index is 12.5. The molecule has 3 nitrogen and oxygen atoms in total. The Morgan fingerprint density at radius 3 is 2.32 bits per heavy atom. The number of hydrogen-bond acceptors (Lipinski definition) is 3. The zero-order chi connectivity index (χ0) is 14.6. The molecule has 0 spiro atoms. The van der Waals surface area contributed by atoms with Gasteiger partial charge in [-0.15, -0.1) is 0 Å². The van der Waals surface area contributed by atoms with E-state index in [9.17, 15) is 18.3 Å². The first-order valence-corrected chi connectivity index (χ1v) is 6.33. The standard InChI is InChI=1S/C13H20F3NO2/c1-4-9(17-10(7-18)8(2)3)11-5-6-12(19-11)13(14,15)16/h5-6,8-10,17-18H,4,7H2,1-3H3. The van der Waals surface area contributed by atoms with Crippen molar-refractivity contribution in [1.29, 1.82) is 0 Å². The summed E-state index contributed by atoms with van der Waals surface area (Å²) >= 11 is 0. The fourth-order valence-corrected chi connectivity index (χ4v) is 1.81. The van der Waals surface area contributed by atoms with Crippen LogP contribution in [0.1, 0.15) is 44.8 Å². The van der Waals surface area contributed by atoms with Crippen LogP contribution in [0.5, 0.6) is 0 Å². The van der Waals surface area contributed by atoms with Gasteiger partial charge in [0.15, 0.2) is 0 Å². The molecule has 0 radical (unpaired) electrons. The van der Waals surface area contributed by atoms with E-state index in [1.165, 1.54) is 6.07 Å². The molecule has 1 aromatic heterocycles. The summed E-state index contributed by atoms with van der Waals surface area (Å²) in [4.78, 5) is 0. The van der Waals surface area contributed by atoms with Gasteiger partial charge in [-0.2, -0.15) is 13.2 Å². The Balaban J connectivity index is 2.83. The van der Waals surface area contributed by atoms with E-state index in [0.717, 1.165) is 6.07 Å². The Hall–Kier alpha value is -1.01. The Bertz CT molecular complexity index is 387. The molecule has 0 saturated carbocycles. The maximum atomic E-state index is 12.5. The topological polar surface area (TPSA) is 45.4 Å². The van der Waals surface area contributed by atoms with E-state index in [0.29, 0.717) is 6.42 Å². The van der Waals surface area contributed by atoms with Gasteiger partial charge in [0.2, 0.25) is 5.76 Å². The quantitative estimate of drug-likeness (QED) is 0.839. The number of hydrogen-bond donors (Lipinski definition) is 2. The highest BCUT2D eigenvalue weighted by Gasteiger charge is 2.35. The van der Waals surface area contributed by atoms with Crippen molar-refractivity contribution in [1.82, 2.24) is 5.32 Å². The van der Waals surface area contributed by atoms with E-state index < -0.39 is 11.9 Å². The first-order valence-electron chi connectivity index (χ1n) is 6.33. The van der Waals surface area contributed by atoms with Crippen molar-refractivity contribution in [2.24, 2.45) is 5.92 Å². The fourth-order valence-electron chi connectivity index (χ4n) is 1.81. The second-order valence-corrected chi connectivity index (χ2v) is 4.86. The van der Waals surface area contributed by atoms with Crippen LogP contribution in [0.2, 0.25) is 0 Å². The lowest BCUT2D eigenvalue weighted by atomic mass is 10.0. The van der Waals surface area contributed by atoms with Crippen molar-refractivity contribution in [2.75, 3.05) is 6.61 Å². The number of furan rings is 1. The average molecular weight is 279 g/mol. The minimum absolute atomic E-state index is 0.0684. The van der Waals surface area contributed by atoms with E-state index in [4.69, 9.17) is 4.42 Å². The first-order chi connectivity index (χ1) is 8.79. The van der Waals surface area contributed by atoms with Crippen molar-refractivity contribution in [2.45, 2.75) is 45.5 Å². The zero-order valence-corrected chi connectivity index (χ0v) is 11.3. The SMILES string of the molecule is CCC(NC(CO)C(C)C)c1ccc(C(F)(F)F)o1. The van der Waals surface area contributed by atoms with Crippen LogP contribution in [0.25, 0.3) is 0 Å². The normalized spacial score (nSPS) is 15.8. The summed E-state index contributed by atoms with van der Waals surface area (Å²) in [7, 11) is 0. The Morgan fingerprint density at radius 1 is 1.32 bits per heavy atom. The molecule has 0 fully saturated rings. The van der Waals surface area contributed by atoms with E-state index >= 15 is 0 Å². The van der Waals surface area contributed by atoms with Crippen molar-refractivity contribution in [3.63, 3.8) is 0 Å². The van der Waals surface area contributed by atoms with Gasteiger partial charge in [0.25, 0.3) is 0 Å². The highest BCUT2D eigenvalue weighted by atomic mass is 19.4. The number of rotatable bonds is 6. The van der Waals surface area contributed by atoms with E-state index in [2.05, 4.69) is 5.32 Å². The van der Waals surface area contributed by atoms with Crippen LogP contribution in [0.15, 0.2) is 16.5 Å². The highest BCUT2D eigenvalue weighted by Crippen LogP contribution is 2.32. The van der Waals surface area contributed by atoms with Crippen LogP contribution >= 0.6 is 0 Å². The van der Waals surface area contributed by atoms with Gasteiger partial charge in [-0.05, 0) is 24.5 Å². The monoisotopic (exact) mass is 279 g/mol. The lowest BCUT2D eigenvalue weighted by molar-refractivity contribution is -0.153. The molecule has 1 heterocycles. The summed E-state index contributed by atoms with van der Waals surface area (Å²) in [5, 5.41) is 12.4. The Morgan fingerprint density at radius 2 is 1.95 bits per heavy atom. The van der Waals surface area contributed by atoms with Gasteiger partial charge in [-0.1, -0.05) is 20.8 Å². The van der Waals surface area contributed by atoms with Crippen molar-refractivity contribution < 1.29 is 22.7 Å². The molecular formula is C13H20F3NO2. The molecule has 110 valence electrons. The van der Waals surface area contributed by atoms with E-state index in [1.54, 1.807) is 0 Å². The van der Waals surface area contributed by atoms with E-state index in [1.807, 2.05) is 20.8 Å². The van der Waals surface area contributed by atoms with Crippen LogP contribution in [0, 0.1) is 5.92 Å². The molecule has 0 bridgehead atoms. The third kappa shape index (κ3) is 4.24. The Kier molecular flexibility index (Phi) is 5.43. The molecule has 0 aliphatic carbocycles. The summed E-state index contributed by atoms with van der Waals surface area (Å²) in [6.45, 7) is 5.65. The van der Waals surface area contributed by atoms with Crippen LogP contribution < -0.4 is 5.32 Å². The average Bonchev–Trinajstić information content (AvgIpc) is 2.79. The van der Waals surface area contributed by atoms with Crippen LogP contribution in [-0.4, -0.2) is 17.8 Å². The number of alkyl halides is 3. The minimum atomic E-state index is -4.47. The molecule has 0 aliphatic rings. The van der Waals surface area contributed by atoms with Crippen molar-refractivity contribution >= 4 is 0 Å². The third-order valence-corrected chi connectivity index (χ3v) is 3.07. The summed E-state index contributed by atoms with van der Waals surface area (Å²) in [6, 6.07) is 1.75. The molecule has 19 heavy (non-hydrogen) atoms. The number of aliphatic hydroxyl groups is 1. The van der Waals surface area contributed by atoms with Crippen molar-refractivity contribution in [3.8, 4) is 0 Å². The fraction of sp³-hybridized carbons (Fsp3) is 0.692. The molecule has 2 atom stereocenters. The number of nitrogens with one attached hydrogen (secondary N) is 1. The smallest absolute Gasteiger partial charge is 0.449 e. The molecule has 0 saturated heterocycles. The van der Waals surface area contributed by atoms with Gasteiger partial charge in [0.1, 0.15) is 5.76 Å². The number of aliphatic hydroxyl groups excluding tert-OH is 1. The molecule has 0 aromatic carbocycles. The second kappa shape index (κ2) is 6.43. The molecule has 2 unspecified atom stereocenters. The van der Waals surface area contributed by atoms with Gasteiger partial charge in [-0.25, -0.2) is 0 Å². The first kappa shape index (κ1) is 16.0.